The van der Waals surface area contributed by atoms with Gasteiger partial charge < -0.3 is 14.2 Å². The third-order valence-corrected chi connectivity index (χ3v) is 4.49. The summed E-state index contributed by atoms with van der Waals surface area (Å²) >= 11 is 0. The lowest BCUT2D eigenvalue weighted by Crippen LogP contribution is -2.70. The van der Waals surface area contributed by atoms with E-state index in [-0.39, 0.29) is 13.8 Å². The number of ether oxygens (including phenoxy) is 3. The largest absolute Gasteiger partial charge is 0.437 e. The second kappa shape index (κ2) is 5.77. The summed E-state index contributed by atoms with van der Waals surface area (Å²) in [5.41, 5.74) is -13.2. The van der Waals surface area contributed by atoms with Crippen molar-refractivity contribution in [1.29, 1.82) is 0 Å². The van der Waals surface area contributed by atoms with Crippen LogP contribution in [0.5, 0.6) is 0 Å². The Hall–Kier alpha value is -1.10. The Morgan fingerprint density at radius 3 is 0.793 bits per heavy atom. The average molecular weight is 466 g/mol. The molecule has 4 unspecified atom stereocenters. The maximum atomic E-state index is 14.3. The number of hydrogen-bond donors (Lipinski definition) is 0. The van der Waals surface area contributed by atoms with Gasteiger partial charge in [0, 0.05) is 0 Å². The molecule has 0 amide bonds. The van der Waals surface area contributed by atoms with Crippen LogP contribution >= 0.6 is 0 Å². The van der Waals surface area contributed by atoms with Crippen molar-refractivity contribution in [3.8, 4) is 0 Å². The molecule has 2 aliphatic rings. The lowest BCUT2D eigenvalue weighted by atomic mass is 9.90. The molecule has 3 nitrogen and oxygen atoms in total. The predicted octanol–water partition coefficient (Wildman–Crippen LogP) is 4.90. The van der Waals surface area contributed by atoms with Crippen molar-refractivity contribution < 1.29 is 75.7 Å². The monoisotopic (exact) mass is 466 g/mol. The van der Waals surface area contributed by atoms with Crippen LogP contribution in [-0.2, 0) is 14.2 Å². The zero-order valence-electron chi connectivity index (χ0n) is 13.7. The Bertz CT molecular complexity index is 579. The van der Waals surface area contributed by atoms with E-state index in [0.29, 0.717) is 0 Å². The molecule has 0 N–H and O–H groups in total. The molecule has 0 saturated carbocycles. The van der Waals surface area contributed by atoms with Gasteiger partial charge >= 0.3 is 36.0 Å². The molecule has 0 aliphatic carbocycles. The highest BCUT2D eigenvalue weighted by Crippen LogP contribution is 2.69. The number of epoxide rings is 2. The first-order valence-corrected chi connectivity index (χ1v) is 7.17. The Labute approximate surface area is 150 Å². The molecule has 2 saturated heterocycles. The fourth-order valence-corrected chi connectivity index (χ4v) is 2.87. The van der Waals surface area contributed by atoms with Crippen molar-refractivity contribution in [3.05, 3.63) is 0 Å². The van der Waals surface area contributed by atoms with Crippen LogP contribution in [0, 0.1) is 0 Å². The van der Waals surface area contributed by atoms with E-state index in [1.807, 2.05) is 0 Å². The molecule has 29 heavy (non-hydrogen) atoms. The lowest BCUT2D eigenvalue weighted by Gasteiger charge is -2.40. The van der Waals surface area contributed by atoms with Crippen LogP contribution in [0.4, 0.5) is 61.5 Å². The van der Waals surface area contributed by atoms with E-state index in [2.05, 4.69) is 14.2 Å². The van der Waals surface area contributed by atoms with Crippen LogP contribution in [0.1, 0.15) is 13.8 Å². The van der Waals surface area contributed by atoms with E-state index in [0.717, 1.165) is 0 Å². The zero-order valence-corrected chi connectivity index (χ0v) is 13.7. The topological polar surface area (TPSA) is 34.3 Å². The molecular weight excluding hydrogens is 458 g/mol. The van der Waals surface area contributed by atoms with Gasteiger partial charge in [-0.25, -0.2) is 8.78 Å². The number of alkyl halides is 14. The Kier molecular flexibility index (Phi) is 4.81. The van der Waals surface area contributed by atoms with Crippen molar-refractivity contribution in [3.63, 3.8) is 0 Å². The molecule has 4 atom stereocenters. The van der Waals surface area contributed by atoms with Crippen molar-refractivity contribution in [2.75, 3.05) is 0 Å². The smallest absolute Gasteiger partial charge is 0.335 e. The second-order valence-electron chi connectivity index (χ2n) is 6.27. The van der Waals surface area contributed by atoms with Crippen LogP contribution in [-0.4, -0.2) is 59.8 Å². The minimum Gasteiger partial charge on any atom is -0.335 e. The van der Waals surface area contributed by atoms with Gasteiger partial charge in [-0.1, -0.05) is 0 Å². The van der Waals surface area contributed by atoms with E-state index in [4.69, 9.17) is 0 Å². The predicted molar refractivity (Wildman–Crippen MR) is 59.5 cm³/mol. The first kappa shape index (κ1) is 24.2. The molecule has 0 aromatic rings. The van der Waals surface area contributed by atoms with E-state index in [1.54, 1.807) is 0 Å². The Morgan fingerprint density at radius 2 is 0.690 bits per heavy atom. The molecule has 0 aromatic carbocycles. The summed E-state index contributed by atoms with van der Waals surface area (Å²) in [4.78, 5) is 0. The van der Waals surface area contributed by atoms with Gasteiger partial charge in [0.2, 0.25) is 0 Å². The van der Waals surface area contributed by atoms with Crippen molar-refractivity contribution in [1.82, 2.24) is 0 Å². The van der Waals surface area contributed by atoms with Crippen LogP contribution in [0.2, 0.25) is 0 Å². The van der Waals surface area contributed by atoms with E-state index in [1.165, 1.54) is 0 Å². The van der Waals surface area contributed by atoms with Crippen LogP contribution in [0.15, 0.2) is 0 Å². The normalized spacial score (nSPS) is 34.3. The fraction of sp³-hybridized carbons (Fsp3) is 1.00. The molecule has 2 aliphatic heterocycles. The third-order valence-electron chi connectivity index (χ3n) is 4.49. The molecular formula is C12H8F14O3. The van der Waals surface area contributed by atoms with E-state index < -0.39 is 59.8 Å². The first-order chi connectivity index (χ1) is 12.5. The standard InChI is InChI=1S/C12H8F14O3/c1-3-5(27-3,7(13,9(15,16)17)10(18,19)20)29-6(4(2)28-6)8(14,11(21,22)23)12(24,25)26/h3-4H,1-2H3. The number of halogens is 14. The molecule has 0 aromatic heterocycles. The van der Waals surface area contributed by atoms with Gasteiger partial charge in [0.15, 0.2) is 0 Å². The quantitative estimate of drug-likeness (QED) is 0.437. The average Bonchev–Trinajstić information content (AvgIpc) is 3.30. The Balaban J connectivity index is 2.68. The summed E-state index contributed by atoms with van der Waals surface area (Å²) in [6, 6.07) is 0. The lowest BCUT2D eigenvalue weighted by molar-refractivity contribution is -0.432. The maximum Gasteiger partial charge on any atom is 0.437 e. The van der Waals surface area contributed by atoms with E-state index in [9.17, 15) is 61.5 Å². The number of rotatable bonds is 4. The van der Waals surface area contributed by atoms with Crippen molar-refractivity contribution in [2.24, 2.45) is 0 Å². The zero-order chi connectivity index (χ0) is 23.3. The molecule has 2 heterocycles. The summed E-state index contributed by atoms with van der Waals surface area (Å²) < 4.78 is 195. The summed E-state index contributed by atoms with van der Waals surface area (Å²) in [6.45, 7) is 0.460. The summed E-state index contributed by atoms with van der Waals surface area (Å²) in [5.74, 6) is -9.66. The van der Waals surface area contributed by atoms with Gasteiger partial charge in [-0.3, -0.25) is 0 Å². The van der Waals surface area contributed by atoms with Crippen LogP contribution in [0.3, 0.4) is 0 Å². The molecule has 0 spiro atoms. The Morgan fingerprint density at radius 1 is 0.517 bits per heavy atom. The summed E-state index contributed by atoms with van der Waals surface area (Å²) in [6.07, 6.45) is -33.4. The first-order valence-electron chi connectivity index (χ1n) is 7.17. The van der Waals surface area contributed by atoms with Crippen LogP contribution in [0.25, 0.3) is 0 Å². The minimum absolute atomic E-state index is 0.230. The van der Waals surface area contributed by atoms with Gasteiger partial charge in [0.1, 0.15) is 12.2 Å². The molecule has 0 radical (unpaired) electrons. The maximum absolute atomic E-state index is 14.3. The van der Waals surface area contributed by atoms with Crippen LogP contribution < -0.4 is 0 Å². The number of hydrogen-bond acceptors (Lipinski definition) is 3. The van der Waals surface area contributed by atoms with Gasteiger partial charge in [-0.15, -0.1) is 0 Å². The highest BCUT2D eigenvalue weighted by atomic mass is 19.4. The van der Waals surface area contributed by atoms with Gasteiger partial charge in [0.25, 0.3) is 11.6 Å². The highest BCUT2D eigenvalue weighted by molar-refractivity contribution is 5.22. The molecule has 17 heteroatoms. The van der Waals surface area contributed by atoms with Gasteiger partial charge in [-0.2, -0.15) is 52.7 Å². The van der Waals surface area contributed by atoms with Gasteiger partial charge in [0.05, 0.1) is 0 Å². The van der Waals surface area contributed by atoms with E-state index >= 15 is 0 Å². The van der Waals surface area contributed by atoms with Gasteiger partial charge in [-0.05, 0) is 13.8 Å². The SMILES string of the molecule is CC1OC1(OC1(C(F)(C(F)(F)F)C(F)(F)F)OC1C)C(F)(C(F)(F)F)C(F)(F)F. The van der Waals surface area contributed by atoms with Crippen molar-refractivity contribution in [2.45, 2.75) is 73.7 Å². The molecule has 2 rings (SSSR count). The summed E-state index contributed by atoms with van der Waals surface area (Å²) in [7, 11) is 0. The third kappa shape index (κ3) is 2.82. The molecule has 172 valence electrons. The molecule has 2 fully saturated rings. The highest BCUT2D eigenvalue weighted by Gasteiger charge is 2.97. The van der Waals surface area contributed by atoms with Crippen molar-refractivity contribution >= 4 is 0 Å². The molecule has 0 bridgehead atoms. The minimum atomic E-state index is -7.00. The summed E-state index contributed by atoms with van der Waals surface area (Å²) in [5, 5.41) is 0. The fourth-order valence-electron chi connectivity index (χ4n) is 2.87. The second-order valence-corrected chi connectivity index (χ2v) is 6.27.